The Bertz CT molecular complexity index is 805. The van der Waals surface area contributed by atoms with Crippen molar-refractivity contribution in [1.82, 2.24) is 20.1 Å². The number of urea groups is 1. The molecule has 0 spiro atoms. The molecule has 2 aliphatic rings. The SMILES string of the molecule is C=CCN1C(=O)C2C(N=C(N/N=C/c3ccccc3O)N2C)N(C)C1=O. The molecule has 1 fully saturated rings. The maximum atomic E-state index is 12.7. The Hall–Kier alpha value is -3.36. The number of guanidine groups is 1. The maximum Gasteiger partial charge on any atom is 0.328 e. The Morgan fingerprint density at radius 2 is 2.04 bits per heavy atom. The van der Waals surface area contributed by atoms with Crippen LogP contribution in [0.15, 0.2) is 47.0 Å². The van der Waals surface area contributed by atoms with Crippen molar-refractivity contribution in [2.45, 2.75) is 12.2 Å². The van der Waals surface area contributed by atoms with Crippen LogP contribution in [0.4, 0.5) is 4.79 Å². The van der Waals surface area contributed by atoms with Crippen molar-refractivity contribution >= 4 is 24.1 Å². The van der Waals surface area contributed by atoms with Crippen LogP contribution in [-0.4, -0.2) is 76.8 Å². The second-order valence-corrected chi connectivity index (χ2v) is 5.98. The van der Waals surface area contributed by atoms with Gasteiger partial charge in [-0.2, -0.15) is 5.10 Å². The van der Waals surface area contributed by atoms with Gasteiger partial charge in [0.05, 0.1) is 6.21 Å². The van der Waals surface area contributed by atoms with Crippen LogP contribution in [0, 0.1) is 0 Å². The van der Waals surface area contributed by atoms with E-state index in [0.717, 1.165) is 4.90 Å². The van der Waals surface area contributed by atoms with Crippen molar-refractivity contribution < 1.29 is 14.7 Å². The summed E-state index contributed by atoms with van der Waals surface area (Å²) >= 11 is 0. The Labute approximate surface area is 150 Å². The Morgan fingerprint density at radius 3 is 2.73 bits per heavy atom. The molecule has 0 radical (unpaired) electrons. The molecule has 9 nitrogen and oxygen atoms in total. The molecule has 9 heteroatoms. The summed E-state index contributed by atoms with van der Waals surface area (Å²) in [5.74, 6) is 0.139. The highest BCUT2D eigenvalue weighted by Gasteiger charge is 2.50. The van der Waals surface area contributed by atoms with Gasteiger partial charge >= 0.3 is 6.03 Å². The molecule has 2 N–H and O–H groups in total. The van der Waals surface area contributed by atoms with E-state index in [1.807, 2.05) is 0 Å². The number of hydrogen-bond donors (Lipinski definition) is 2. The number of benzene rings is 1. The summed E-state index contributed by atoms with van der Waals surface area (Å²) < 4.78 is 0. The maximum absolute atomic E-state index is 12.7. The number of phenols is 1. The number of hydrogen-bond acceptors (Lipinski definition) is 7. The molecule has 2 aliphatic heterocycles. The highest BCUT2D eigenvalue weighted by molar-refractivity contribution is 6.03. The molecule has 2 heterocycles. The minimum absolute atomic E-state index is 0.106. The van der Waals surface area contributed by atoms with Crippen molar-refractivity contribution in [2.24, 2.45) is 10.1 Å². The number of imide groups is 1. The predicted octanol–water partition coefficient (Wildman–Crippen LogP) is 0.392. The number of likely N-dealkylation sites (N-methyl/N-ethyl adjacent to an activating group) is 2. The molecule has 0 saturated carbocycles. The third kappa shape index (κ3) is 2.87. The lowest BCUT2D eigenvalue weighted by Crippen LogP contribution is -2.64. The van der Waals surface area contributed by atoms with Gasteiger partial charge in [-0.25, -0.2) is 15.2 Å². The van der Waals surface area contributed by atoms with E-state index in [9.17, 15) is 14.7 Å². The van der Waals surface area contributed by atoms with Crippen molar-refractivity contribution in [2.75, 3.05) is 20.6 Å². The van der Waals surface area contributed by atoms with Crippen LogP contribution in [0.2, 0.25) is 0 Å². The predicted molar refractivity (Wildman–Crippen MR) is 96.7 cm³/mol. The Kier molecular flexibility index (Phi) is 4.61. The second-order valence-electron chi connectivity index (χ2n) is 5.98. The molecule has 2 unspecified atom stereocenters. The zero-order chi connectivity index (χ0) is 18.8. The van der Waals surface area contributed by atoms with Gasteiger partial charge in [0.2, 0.25) is 5.96 Å². The lowest BCUT2D eigenvalue weighted by atomic mass is 10.1. The normalized spacial score (nSPS) is 22.7. The van der Waals surface area contributed by atoms with Gasteiger partial charge in [0, 0.05) is 26.2 Å². The minimum atomic E-state index is -0.625. The fourth-order valence-electron chi connectivity index (χ4n) is 2.93. The average molecular weight is 356 g/mol. The van der Waals surface area contributed by atoms with Gasteiger partial charge in [-0.05, 0) is 12.1 Å². The third-order valence-electron chi connectivity index (χ3n) is 4.35. The molecule has 0 aromatic heterocycles. The molecule has 3 amide bonds. The lowest BCUT2D eigenvalue weighted by Gasteiger charge is -2.39. The molecular weight excluding hydrogens is 336 g/mol. The first-order valence-electron chi connectivity index (χ1n) is 8.02. The summed E-state index contributed by atoms with van der Waals surface area (Å²) in [6, 6.07) is 5.73. The summed E-state index contributed by atoms with van der Waals surface area (Å²) in [5, 5.41) is 13.8. The molecule has 26 heavy (non-hydrogen) atoms. The number of nitrogens with zero attached hydrogens (tertiary/aromatic N) is 5. The standard InChI is InChI=1S/C17H20N6O3/c1-4-9-23-15(25)13-14(22(3)17(23)26)19-16(21(13)2)20-18-10-11-7-5-6-8-12(11)24/h4-8,10,13-14,24H,1,9H2,2-3H3,(H,19,20)/b18-10+. The van der Waals surface area contributed by atoms with Crippen molar-refractivity contribution in [3.8, 4) is 5.75 Å². The van der Waals surface area contributed by atoms with Crippen LogP contribution < -0.4 is 5.43 Å². The zero-order valence-corrected chi connectivity index (χ0v) is 14.5. The van der Waals surface area contributed by atoms with Crippen molar-refractivity contribution in [3.05, 3.63) is 42.5 Å². The third-order valence-corrected chi connectivity index (χ3v) is 4.35. The van der Waals surface area contributed by atoms with Crippen LogP contribution >= 0.6 is 0 Å². The van der Waals surface area contributed by atoms with Gasteiger partial charge in [-0.1, -0.05) is 18.2 Å². The molecule has 1 aromatic rings. The number of amides is 3. The number of carbonyl (C=O) groups is 2. The molecule has 3 rings (SSSR count). The molecular formula is C17H20N6O3. The van der Waals surface area contributed by atoms with Crippen LogP contribution in [0.3, 0.4) is 0 Å². The van der Waals surface area contributed by atoms with Crippen LogP contribution in [0.5, 0.6) is 5.75 Å². The number of nitrogens with one attached hydrogen (secondary N) is 1. The molecule has 136 valence electrons. The van der Waals surface area contributed by atoms with Crippen molar-refractivity contribution in [1.29, 1.82) is 0 Å². The van der Waals surface area contributed by atoms with E-state index in [-0.39, 0.29) is 18.2 Å². The molecule has 0 aliphatic carbocycles. The summed E-state index contributed by atoms with van der Waals surface area (Å²) in [5.41, 5.74) is 3.31. The fourth-order valence-corrected chi connectivity index (χ4v) is 2.93. The van der Waals surface area contributed by atoms with Gasteiger partial charge < -0.3 is 14.9 Å². The monoisotopic (exact) mass is 356 g/mol. The minimum Gasteiger partial charge on any atom is -0.507 e. The number of phenolic OH excluding ortho intramolecular Hbond substituents is 1. The number of aromatic hydroxyl groups is 1. The van der Waals surface area contributed by atoms with E-state index in [2.05, 4.69) is 22.1 Å². The number of rotatable bonds is 4. The average Bonchev–Trinajstić information content (AvgIpc) is 2.95. The van der Waals surface area contributed by atoms with E-state index in [1.54, 1.807) is 43.3 Å². The van der Waals surface area contributed by atoms with E-state index in [1.165, 1.54) is 17.2 Å². The second kappa shape index (κ2) is 6.87. The van der Waals surface area contributed by atoms with Crippen LogP contribution in [-0.2, 0) is 4.79 Å². The number of aliphatic imine (C=N–C) groups is 1. The lowest BCUT2D eigenvalue weighted by molar-refractivity contribution is -0.136. The van der Waals surface area contributed by atoms with E-state index in [4.69, 9.17) is 0 Å². The largest absolute Gasteiger partial charge is 0.507 e. The van der Waals surface area contributed by atoms with Gasteiger partial charge in [0.15, 0.2) is 12.2 Å². The number of hydrazone groups is 1. The van der Waals surface area contributed by atoms with Crippen LogP contribution in [0.1, 0.15) is 5.56 Å². The summed E-state index contributed by atoms with van der Waals surface area (Å²) in [6.45, 7) is 3.73. The first kappa shape index (κ1) is 17.5. The first-order chi connectivity index (χ1) is 12.5. The summed E-state index contributed by atoms with van der Waals surface area (Å²) in [6.07, 6.45) is 2.34. The van der Waals surface area contributed by atoms with Gasteiger partial charge in [0.25, 0.3) is 5.91 Å². The summed E-state index contributed by atoms with van der Waals surface area (Å²) in [7, 11) is 3.31. The Balaban J connectivity index is 1.77. The Morgan fingerprint density at radius 1 is 1.31 bits per heavy atom. The highest BCUT2D eigenvalue weighted by atomic mass is 16.3. The molecule has 2 atom stereocenters. The fraction of sp³-hybridized carbons (Fsp3) is 0.294. The van der Waals surface area contributed by atoms with Crippen LogP contribution in [0.25, 0.3) is 0 Å². The zero-order valence-electron chi connectivity index (χ0n) is 14.5. The summed E-state index contributed by atoms with van der Waals surface area (Å²) in [4.78, 5) is 33.6. The number of carbonyl (C=O) groups excluding carboxylic acids is 2. The quantitative estimate of drug-likeness (QED) is 0.462. The van der Waals surface area contributed by atoms with Gasteiger partial charge in [-0.3, -0.25) is 9.69 Å². The van der Waals surface area contributed by atoms with E-state index < -0.39 is 18.2 Å². The van der Waals surface area contributed by atoms with Gasteiger partial charge in [-0.15, -0.1) is 6.58 Å². The van der Waals surface area contributed by atoms with E-state index in [0.29, 0.717) is 11.5 Å². The van der Waals surface area contributed by atoms with Gasteiger partial charge in [0.1, 0.15) is 5.75 Å². The smallest absolute Gasteiger partial charge is 0.328 e. The molecule has 1 aromatic carbocycles. The topological polar surface area (TPSA) is 101 Å². The highest BCUT2D eigenvalue weighted by Crippen LogP contribution is 2.26. The number of para-hydroxylation sites is 1. The molecule has 1 saturated heterocycles. The van der Waals surface area contributed by atoms with E-state index >= 15 is 0 Å². The number of fused-ring (bicyclic) bond motifs is 1. The van der Waals surface area contributed by atoms with Crippen molar-refractivity contribution in [3.63, 3.8) is 0 Å². The first-order valence-corrected chi connectivity index (χ1v) is 8.02. The molecule has 0 bridgehead atoms.